The maximum absolute atomic E-state index is 13.8. The van der Waals surface area contributed by atoms with Crippen LogP contribution in [0.3, 0.4) is 0 Å². The minimum Gasteiger partial charge on any atom is -0.466 e. The molecule has 1 aliphatic carbocycles. The van der Waals surface area contributed by atoms with E-state index < -0.39 is 35.4 Å². The minimum absolute atomic E-state index is 0.214. The van der Waals surface area contributed by atoms with Gasteiger partial charge in [-0.05, 0) is 56.9 Å². The lowest BCUT2D eigenvalue weighted by Crippen LogP contribution is -2.34. The maximum Gasteiger partial charge on any atom is 0.419 e. The molecule has 0 bridgehead atoms. The van der Waals surface area contributed by atoms with E-state index in [2.05, 4.69) is 5.32 Å². The van der Waals surface area contributed by atoms with E-state index in [0.717, 1.165) is 22.8 Å². The molecule has 1 N–H and O–H groups in total. The van der Waals surface area contributed by atoms with Gasteiger partial charge in [0.1, 0.15) is 5.82 Å². The Kier molecular flexibility index (Phi) is 7.25. The highest BCUT2D eigenvalue weighted by atomic mass is 19.4. The number of hydrogen-bond donors (Lipinski definition) is 1. The number of halogens is 4. The highest BCUT2D eigenvalue weighted by Crippen LogP contribution is 2.36. The molecule has 3 atom stereocenters. The van der Waals surface area contributed by atoms with Gasteiger partial charge in [-0.15, -0.1) is 0 Å². The summed E-state index contributed by atoms with van der Waals surface area (Å²) in [4.78, 5) is 25.3. The number of allylic oxidation sites excluding steroid dienone is 1. The van der Waals surface area contributed by atoms with Gasteiger partial charge in [0.15, 0.2) is 0 Å². The van der Waals surface area contributed by atoms with Gasteiger partial charge in [-0.1, -0.05) is 41.5 Å². The lowest BCUT2D eigenvalue weighted by molar-refractivity contribution is -0.146. The highest BCUT2D eigenvalue weighted by Gasteiger charge is 2.36. The van der Waals surface area contributed by atoms with Crippen LogP contribution in [0, 0.1) is 25.6 Å². The van der Waals surface area contributed by atoms with Crippen molar-refractivity contribution in [2.24, 2.45) is 5.92 Å². The molecule has 0 saturated carbocycles. The van der Waals surface area contributed by atoms with Gasteiger partial charge in [-0.3, -0.25) is 9.59 Å². The summed E-state index contributed by atoms with van der Waals surface area (Å²) in [5.74, 6) is -3.39. The number of aryl methyl sites for hydroxylation is 2. The van der Waals surface area contributed by atoms with E-state index in [-0.39, 0.29) is 24.1 Å². The van der Waals surface area contributed by atoms with Crippen molar-refractivity contribution in [3.63, 3.8) is 0 Å². The monoisotopic (exact) mass is 463 g/mol. The number of hydrogen-bond acceptors (Lipinski definition) is 3. The summed E-state index contributed by atoms with van der Waals surface area (Å²) >= 11 is 0. The number of benzene rings is 2. The van der Waals surface area contributed by atoms with E-state index in [9.17, 15) is 27.2 Å². The quantitative estimate of drug-likeness (QED) is 0.351. The van der Waals surface area contributed by atoms with Gasteiger partial charge < -0.3 is 10.1 Å². The number of esters is 1. The van der Waals surface area contributed by atoms with Crippen LogP contribution in [0.5, 0.6) is 0 Å². The lowest BCUT2D eigenvalue weighted by atomic mass is 9.84. The molecule has 0 saturated heterocycles. The van der Waals surface area contributed by atoms with Gasteiger partial charge in [-0.2, -0.15) is 13.2 Å². The van der Waals surface area contributed by atoms with Gasteiger partial charge >= 0.3 is 12.1 Å². The second-order valence-electron chi connectivity index (χ2n) is 8.21. The molecule has 2 aromatic rings. The van der Waals surface area contributed by atoms with E-state index in [1.54, 1.807) is 13.0 Å². The van der Waals surface area contributed by atoms with Crippen LogP contribution in [0.15, 0.2) is 48.6 Å². The smallest absolute Gasteiger partial charge is 0.419 e. The first kappa shape index (κ1) is 24.5. The molecule has 1 amide bonds. The summed E-state index contributed by atoms with van der Waals surface area (Å²) < 4.78 is 57.4. The number of rotatable bonds is 6. The highest BCUT2D eigenvalue weighted by molar-refractivity contribution is 5.94. The minimum atomic E-state index is -4.84. The van der Waals surface area contributed by atoms with Crippen molar-refractivity contribution in [1.82, 2.24) is 5.32 Å². The van der Waals surface area contributed by atoms with E-state index >= 15 is 0 Å². The van der Waals surface area contributed by atoms with Crippen molar-refractivity contribution in [2.45, 2.75) is 45.3 Å². The summed E-state index contributed by atoms with van der Waals surface area (Å²) in [5, 5.41) is 2.68. The van der Waals surface area contributed by atoms with Crippen molar-refractivity contribution in [3.05, 3.63) is 82.2 Å². The van der Waals surface area contributed by atoms with Crippen LogP contribution in [0.25, 0.3) is 0 Å². The topological polar surface area (TPSA) is 55.4 Å². The first-order valence-electron chi connectivity index (χ1n) is 10.6. The molecule has 0 aliphatic heterocycles. The molecular formula is C25H25F4NO3. The van der Waals surface area contributed by atoms with Gasteiger partial charge in [-0.25, -0.2) is 4.39 Å². The Balaban J connectivity index is 1.75. The molecule has 3 unspecified atom stereocenters. The Morgan fingerprint density at radius 1 is 1.09 bits per heavy atom. The van der Waals surface area contributed by atoms with Crippen molar-refractivity contribution in [2.75, 3.05) is 6.61 Å². The van der Waals surface area contributed by atoms with Crippen LogP contribution in [-0.2, 0) is 15.7 Å². The zero-order chi connectivity index (χ0) is 24.3. The van der Waals surface area contributed by atoms with Crippen LogP contribution in [-0.4, -0.2) is 24.5 Å². The Morgan fingerprint density at radius 2 is 1.76 bits per heavy atom. The average Bonchev–Trinajstić information content (AvgIpc) is 3.14. The molecule has 0 heterocycles. The average molecular weight is 463 g/mol. The van der Waals surface area contributed by atoms with Crippen LogP contribution in [0.4, 0.5) is 17.6 Å². The fraction of sp³-hybridized carbons (Fsp3) is 0.360. The number of carbonyl (C=O) groups is 2. The Morgan fingerprint density at radius 3 is 2.33 bits per heavy atom. The summed E-state index contributed by atoms with van der Waals surface area (Å²) in [6.45, 7) is 5.84. The first-order valence-corrected chi connectivity index (χ1v) is 10.6. The number of amides is 1. The van der Waals surface area contributed by atoms with Crippen molar-refractivity contribution < 1.29 is 31.9 Å². The Bertz CT molecular complexity index is 1060. The van der Waals surface area contributed by atoms with Crippen molar-refractivity contribution in [1.29, 1.82) is 0 Å². The maximum atomic E-state index is 13.8. The predicted molar refractivity (Wildman–Crippen MR) is 115 cm³/mol. The Hall–Kier alpha value is -3.16. The summed E-state index contributed by atoms with van der Waals surface area (Å²) in [7, 11) is 0. The van der Waals surface area contributed by atoms with Gasteiger partial charge in [0, 0.05) is 11.6 Å². The van der Waals surface area contributed by atoms with Gasteiger partial charge in [0.25, 0.3) is 5.91 Å². The van der Waals surface area contributed by atoms with Gasteiger partial charge in [0.2, 0.25) is 0 Å². The molecule has 176 valence electrons. The third-order valence-corrected chi connectivity index (χ3v) is 5.54. The third-order valence-electron chi connectivity index (χ3n) is 5.54. The van der Waals surface area contributed by atoms with E-state index in [1.165, 1.54) is 0 Å². The molecule has 4 nitrogen and oxygen atoms in total. The third kappa shape index (κ3) is 5.80. The van der Waals surface area contributed by atoms with Crippen molar-refractivity contribution in [3.8, 4) is 0 Å². The van der Waals surface area contributed by atoms with Crippen LogP contribution >= 0.6 is 0 Å². The molecule has 1 aliphatic rings. The summed E-state index contributed by atoms with van der Waals surface area (Å²) in [6, 6.07) is 7.46. The van der Waals surface area contributed by atoms with Crippen molar-refractivity contribution >= 4 is 11.9 Å². The van der Waals surface area contributed by atoms with Crippen LogP contribution < -0.4 is 5.32 Å². The largest absolute Gasteiger partial charge is 0.466 e. The first-order chi connectivity index (χ1) is 15.5. The predicted octanol–water partition coefficient (Wildman–Crippen LogP) is 5.48. The van der Waals surface area contributed by atoms with E-state index in [4.69, 9.17) is 4.74 Å². The number of carbonyl (C=O) groups excluding carboxylic acids is 2. The second kappa shape index (κ2) is 9.77. The Labute approximate surface area is 189 Å². The van der Waals surface area contributed by atoms with E-state index in [1.807, 2.05) is 38.1 Å². The molecular weight excluding hydrogens is 438 g/mol. The fourth-order valence-electron chi connectivity index (χ4n) is 4.20. The second-order valence-corrected chi connectivity index (χ2v) is 8.21. The fourth-order valence-corrected chi connectivity index (χ4v) is 4.20. The van der Waals surface area contributed by atoms with Crippen LogP contribution in [0.2, 0.25) is 0 Å². The lowest BCUT2D eigenvalue weighted by Gasteiger charge is -2.23. The zero-order valence-electron chi connectivity index (χ0n) is 18.5. The summed E-state index contributed by atoms with van der Waals surface area (Å²) in [6.07, 6.45) is -0.877. The normalized spacial score (nSPS) is 18.8. The zero-order valence-corrected chi connectivity index (χ0v) is 18.5. The number of alkyl halides is 3. The standard InChI is InChI=1S/C25H25F4NO3/c1-4-33-24(32)22(18-10-14(2)9-15(3)11-18)16-5-7-19(12-16)30-23(31)17-6-8-20(21(26)13-17)25(27,28)29/h5-11,13,16,19,22H,4,12H2,1-3H3,(H,30,31). The molecule has 0 fully saturated rings. The molecule has 0 spiro atoms. The summed E-state index contributed by atoms with van der Waals surface area (Å²) in [5.41, 5.74) is 1.20. The van der Waals surface area contributed by atoms with Gasteiger partial charge in [0.05, 0.1) is 18.1 Å². The molecule has 0 radical (unpaired) electrons. The molecule has 2 aromatic carbocycles. The number of ether oxygens (including phenoxy) is 1. The molecule has 3 rings (SSSR count). The SMILES string of the molecule is CCOC(=O)C(c1cc(C)cc(C)c1)C1C=CC(NC(=O)c2ccc(C(F)(F)F)c(F)c2)C1. The molecule has 33 heavy (non-hydrogen) atoms. The molecule has 8 heteroatoms. The number of nitrogens with one attached hydrogen (secondary N) is 1. The van der Waals surface area contributed by atoms with E-state index in [0.29, 0.717) is 18.6 Å². The van der Waals surface area contributed by atoms with Crippen LogP contribution in [0.1, 0.15) is 51.9 Å². The molecule has 0 aromatic heterocycles.